The first-order chi connectivity index (χ1) is 6.65. The van der Waals surface area contributed by atoms with Gasteiger partial charge in [-0.2, -0.15) is 0 Å². The van der Waals surface area contributed by atoms with Gasteiger partial charge >= 0.3 is 0 Å². The Bertz CT molecular complexity index is 268. The third kappa shape index (κ3) is 2.79. The number of nitrogens with one attached hydrogen (secondary N) is 1. The Hall–Kier alpha value is -0.920. The molecule has 0 aromatic heterocycles. The molecule has 2 amide bonds. The average Bonchev–Trinajstić information content (AvgIpc) is 2.52. The Morgan fingerprint density at radius 3 is 2.86 bits per heavy atom. The van der Waals surface area contributed by atoms with Crippen LogP contribution in [0.3, 0.4) is 0 Å². The number of rotatable bonds is 3. The summed E-state index contributed by atoms with van der Waals surface area (Å²) in [6.07, 6.45) is 2.20. The molecule has 1 heterocycles. The van der Waals surface area contributed by atoms with E-state index in [1.165, 1.54) is 0 Å². The fourth-order valence-electron chi connectivity index (χ4n) is 1.39. The monoisotopic (exact) mass is 218 g/mol. The average molecular weight is 218 g/mol. The van der Waals surface area contributed by atoms with Crippen molar-refractivity contribution in [1.29, 1.82) is 0 Å². The number of nitrogens with two attached hydrogens (primary N) is 2. The topological polar surface area (TPSA) is 101 Å². The molecule has 80 valence electrons. The lowest BCUT2D eigenvalue weighted by Crippen LogP contribution is -2.38. The van der Waals surface area contributed by atoms with E-state index in [-0.39, 0.29) is 11.9 Å². The highest BCUT2D eigenvalue weighted by molar-refractivity contribution is 7.96. The van der Waals surface area contributed by atoms with E-state index >= 15 is 0 Å². The molecular formula is C7H14N4O2S. The van der Waals surface area contributed by atoms with Crippen LogP contribution in [0.25, 0.3) is 0 Å². The highest BCUT2D eigenvalue weighted by Gasteiger charge is 2.27. The Balaban J connectivity index is 2.63. The van der Waals surface area contributed by atoms with Gasteiger partial charge in [-0.15, -0.1) is 0 Å². The van der Waals surface area contributed by atoms with Crippen molar-refractivity contribution in [2.45, 2.75) is 18.9 Å². The molecule has 0 aromatic carbocycles. The summed E-state index contributed by atoms with van der Waals surface area (Å²) in [7, 11) is 0. The number of primary amides is 1. The van der Waals surface area contributed by atoms with Crippen LogP contribution >= 0.6 is 11.5 Å². The van der Waals surface area contributed by atoms with Gasteiger partial charge in [-0.25, -0.2) is 4.31 Å². The Morgan fingerprint density at radius 2 is 2.29 bits per heavy atom. The first kappa shape index (κ1) is 11.2. The molecule has 1 fully saturated rings. The molecule has 5 N–H and O–H groups in total. The maximum Gasteiger partial charge on any atom is 0.235 e. The molecule has 0 bridgehead atoms. The zero-order valence-electron chi connectivity index (χ0n) is 7.64. The number of carbonyl (C=O) groups excluding carboxylic acids is 2. The second-order valence-corrected chi connectivity index (χ2v) is 4.17. The van der Waals surface area contributed by atoms with E-state index in [1.54, 1.807) is 0 Å². The van der Waals surface area contributed by atoms with Crippen molar-refractivity contribution in [3.8, 4) is 0 Å². The highest BCUT2D eigenvalue weighted by atomic mass is 32.1. The molecule has 0 spiro atoms. The number of hydrogen-bond donors (Lipinski definition) is 4. The first-order valence-electron chi connectivity index (χ1n) is 4.25. The second kappa shape index (κ2) is 5.08. The molecule has 1 atom stereocenters. The van der Waals surface area contributed by atoms with Crippen molar-refractivity contribution < 1.29 is 9.59 Å². The van der Waals surface area contributed by atoms with Crippen LogP contribution in [0.2, 0.25) is 0 Å². The minimum Gasteiger partial charge on any atom is -0.368 e. The fraction of sp³-hybridized carbons (Fsp3) is 0.571. The number of thiol groups is 1. The SMILES string of the molecule is NC(=O)[C@@H]1CCCN1[SH]=C(N)NC=O. The zero-order valence-corrected chi connectivity index (χ0v) is 8.54. The summed E-state index contributed by atoms with van der Waals surface area (Å²) in [5.74, 6) is -0.339. The summed E-state index contributed by atoms with van der Waals surface area (Å²) in [5.41, 5.74) is 10.7. The third-order valence-electron chi connectivity index (χ3n) is 2.00. The summed E-state index contributed by atoms with van der Waals surface area (Å²) in [4.78, 5) is 21.1. The molecule has 0 unspecified atom stereocenters. The van der Waals surface area contributed by atoms with Crippen LogP contribution in [-0.4, -0.2) is 34.3 Å². The molecule has 1 aliphatic heterocycles. The number of nitrogens with zero attached hydrogens (tertiary/aromatic N) is 1. The van der Waals surface area contributed by atoms with Crippen LogP contribution in [-0.2, 0) is 9.59 Å². The van der Waals surface area contributed by atoms with Crippen LogP contribution in [0, 0.1) is 0 Å². The van der Waals surface area contributed by atoms with Crippen molar-refractivity contribution in [3.63, 3.8) is 0 Å². The summed E-state index contributed by atoms with van der Waals surface area (Å²) < 4.78 is 1.84. The van der Waals surface area contributed by atoms with Crippen LogP contribution in [0.4, 0.5) is 0 Å². The van der Waals surface area contributed by atoms with E-state index in [4.69, 9.17) is 11.5 Å². The van der Waals surface area contributed by atoms with Gasteiger partial charge in [-0.3, -0.25) is 15.3 Å². The number of carbonyl (C=O) groups is 2. The van der Waals surface area contributed by atoms with Crippen LogP contribution < -0.4 is 16.8 Å². The molecule has 1 rings (SSSR count). The van der Waals surface area contributed by atoms with Gasteiger partial charge in [-0.05, 0) is 12.8 Å². The molecule has 6 nitrogen and oxygen atoms in total. The van der Waals surface area contributed by atoms with Gasteiger partial charge in [0.2, 0.25) is 12.3 Å². The Labute approximate surface area is 85.7 Å². The lowest BCUT2D eigenvalue weighted by atomic mass is 10.2. The molecule has 1 aliphatic rings. The summed E-state index contributed by atoms with van der Waals surface area (Å²) in [5, 5.41) is 2.65. The van der Waals surface area contributed by atoms with Gasteiger partial charge in [0.1, 0.15) is 5.11 Å². The normalized spacial score (nSPS) is 24.1. The lowest BCUT2D eigenvalue weighted by molar-refractivity contribution is -0.120. The smallest absolute Gasteiger partial charge is 0.235 e. The van der Waals surface area contributed by atoms with Crippen molar-refractivity contribution in [2.24, 2.45) is 11.5 Å². The van der Waals surface area contributed by atoms with Gasteiger partial charge in [0.05, 0.1) is 6.04 Å². The maximum absolute atomic E-state index is 11.0. The van der Waals surface area contributed by atoms with Crippen LogP contribution in [0.15, 0.2) is 0 Å². The molecule has 0 saturated carbocycles. The first-order valence-corrected chi connectivity index (χ1v) is 5.10. The van der Waals surface area contributed by atoms with Crippen molar-refractivity contribution in [2.75, 3.05) is 6.54 Å². The summed E-state index contributed by atoms with van der Waals surface area (Å²) >= 11 is 0.638. The lowest BCUT2D eigenvalue weighted by Gasteiger charge is -2.17. The van der Waals surface area contributed by atoms with Crippen LogP contribution in [0.5, 0.6) is 0 Å². The number of amides is 2. The van der Waals surface area contributed by atoms with E-state index in [9.17, 15) is 9.59 Å². The van der Waals surface area contributed by atoms with E-state index in [0.717, 1.165) is 19.4 Å². The largest absolute Gasteiger partial charge is 0.368 e. The van der Waals surface area contributed by atoms with Gasteiger partial charge in [0.25, 0.3) is 0 Å². The highest BCUT2D eigenvalue weighted by Crippen LogP contribution is 2.20. The van der Waals surface area contributed by atoms with Crippen LogP contribution in [0.1, 0.15) is 12.8 Å². The summed E-state index contributed by atoms with van der Waals surface area (Å²) in [6, 6.07) is -0.260. The predicted molar refractivity (Wildman–Crippen MR) is 56.3 cm³/mol. The Kier molecular flexibility index (Phi) is 4.05. The van der Waals surface area contributed by atoms with Crippen molar-refractivity contribution >= 4 is 29.0 Å². The molecular weight excluding hydrogens is 204 g/mol. The van der Waals surface area contributed by atoms with Gasteiger partial charge in [0.15, 0.2) is 0 Å². The maximum atomic E-state index is 11.0. The minimum atomic E-state index is -0.339. The molecule has 7 heteroatoms. The second-order valence-electron chi connectivity index (χ2n) is 2.97. The predicted octanol–water partition coefficient (Wildman–Crippen LogP) is -1.89. The quantitative estimate of drug-likeness (QED) is 0.253. The molecule has 0 aromatic rings. The molecule has 0 radical (unpaired) electrons. The molecule has 0 aliphatic carbocycles. The third-order valence-corrected chi connectivity index (χ3v) is 3.08. The zero-order chi connectivity index (χ0) is 10.6. The van der Waals surface area contributed by atoms with E-state index < -0.39 is 0 Å². The van der Waals surface area contributed by atoms with Crippen molar-refractivity contribution in [1.82, 2.24) is 9.62 Å². The fourth-order valence-corrected chi connectivity index (χ4v) is 2.39. The van der Waals surface area contributed by atoms with Gasteiger partial charge in [0, 0.05) is 6.54 Å². The van der Waals surface area contributed by atoms with E-state index in [0.29, 0.717) is 23.1 Å². The number of hydrogen-bond acceptors (Lipinski definition) is 3. The van der Waals surface area contributed by atoms with Gasteiger partial charge < -0.3 is 11.1 Å². The minimum absolute atomic E-state index is 0.260. The standard InChI is InChI=1S/C7H14N4O2S/c8-6(13)5-2-1-3-11(5)14-7(9)10-4-12/h4-5,14H,1-3,9H2,(H2,8,13)(H,10,12)/t5-/m0/s1. The van der Waals surface area contributed by atoms with Gasteiger partial charge in [-0.1, -0.05) is 11.5 Å². The molecule has 1 saturated heterocycles. The summed E-state index contributed by atoms with van der Waals surface area (Å²) in [6.45, 7) is 0.774. The van der Waals surface area contributed by atoms with Crippen molar-refractivity contribution in [3.05, 3.63) is 0 Å². The Morgan fingerprint density at radius 1 is 1.57 bits per heavy atom. The molecule has 14 heavy (non-hydrogen) atoms. The van der Waals surface area contributed by atoms with E-state index in [1.807, 2.05) is 4.31 Å². The van der Waals surface area contributed by atoms with E-state index in [2.05, 4.69) is 5.32 Å².